The Morgan fingerprint density at radius 1 is 1.56 bits per heavy atom. The van der Waals surface area contributed by atoms with Gasteiger partial charge in [0, 0.05) is 13.5 Å². The summed E-state index contributed by atoms with van der Waals surface area (Å²) in [5.41, 5.74) is 0. The van der Waals surface area contributed by atoms with E-state index in [2.05, 4.69) is 12.2 Å². The van der Waals surface area contributed by atoms with Gasteiger partial charge in [0.1, 0.15) is 0 Å². The number of carbonyl (C=O) groups excluding carboxylic acids is 1. The molecular formula is C5H8NO3. The van der Waals surface area contributed by atoms with Crippen LogP contribution in [0.4, 0.5) is 0 Å². The number of hydrogen-bond acceptors (Lipinski definition) is 2. The van der Waals surface area contributed by atoms with Crippen molar-refractivity contribution in [3.05, 3.63) is 6.92 Å². The number of amides is 1. The van der Waals surface area contributed by atoms with Crippen LogP contribution in [0.5, 0.6) is 0 Å². The molecule has 0 aromatic carbocycles. The summed E-state index contributed by atoms with van der Waals surface area (Å²) >= 11 is 0. The van der Waals surface area contributed by atoms with Gasteiger partial charge in [0.15, 0.2) is 0 Å². The van der Waals surface area contributed by atoms with Crippen LogP contribution < -0.4 is 5.32 Å². The van der Waals surface area contributed by atoms with Crippen molar-refractivity contribution >= 4 is 11.9 Å². The van der Waals surface area contributed by atoms with Crippen molar-refractivity contribution in [3.63, 3.8) is 0 Å². The van der Waals surface area contributed by atoms with Crippen molar-refractivity contribution in [2.75, 3.05) is 6.54 Å². The molecule has 0 saturated heterocycles. The summed E-state index contributed by atoms with van der Waals surface area (Å²) in [6.07, 6.45) is -0.0543. The van der Waals surface area contributed by atoms with Gasteiger partial charge >= 0.3 is 5.97 Å². The van der Waals surface area contributed by atoms with Gasteiger partial charge in [-0.3, -0.25) is 9.59 Å². The summed E-state index contributed by atoms with van der Waals surface area (Å²) in [5.74, 6) is -1.37. The SMILES string of the molecule is [CH2]C(=O)NCCC(=O)O. The molecule has 4 heteroatoms. The summed E-state index contributed by atoms with van der Waals surface area (Å²) in [6, 6.07) is 0. The summed E-state index contributed by atoms with van der Waals surface area (Å²) in [6.45, 7) is 3.14. The second kappa shape index (κ2) is 3.88. The minimum Gasteiger partial charge on any atom is -0.481 e. The lowest BCUT2D eigenvalue weighted by Crippen LogP contribution is -2.22. The predicted octanol–water partition coefficient (Wildman–Crippen LogP) is -0.589. The Kier molecular flexibility index (Phi) is 3.43. The molecule has 0 aromatic heterocycles. The molecule has 0 saturated carbocycles. The fourth-order valence-electron chi connectivity index (χ4n) is 0.309. The van der Waals surface area contributed by atoms with E-state index in [9.17, 15) is 9.59 Å². The molecule has 0 bridgehead atoms. The summed E-state index contributed by atoms with van der Waals surface area (Å²) in [4.78, 5) is 19.8. The lowest BCUT2D eigenvalue weighted by molar-refractivity contribution is -0.136. The number of aliphatic carboxylic acids is 1. The van der Waals surface area contributed by atoms with Crippen molar-refractivity contribution in [3.8, 4) is 0 Å². The molecule has 0 aliphatic rings. The Hall–Kier alpha value is -1.06. The number of carbonyl (C=O) groups is 2. The van der Waals surface area contributed by atoms with E-state index >= 15 is 0 Å². The average molecular weight is 130 g/mol. The number of carboxylic acid groups (broad SMARTS) is 1. The van der Waals surface area contributed by atoms with E-state index in [1.807, 2.05) is 0 Å². The molecule has 0 atom stereocenters. The topological polar surface area (TPSA) is 66.4 Å². The Morgan fingerprint density at radius 3 is 2.44 bits per heavy atom. The van der Waals surface area contributed by atoms with E-state index in [1.54, 1.807) is 0 Å². The van der Waals surface area contributed by atoms with Crippen LogP contribution in [0.15, 0.2) is 0 Å². The van der Waals surface area contributed by atoms with Crippen LogP contribution in [0, 0.1) is 6.92 Å². The van der Waals surface area contributed by atoms with Gasteiger partial charge in [-0.05, 0) is 0 Å². The number of hydrogen-bond donors (Lipinski definition) is 2. The molecule has 0 spiro atoms. The van der Waals surface area contributed by atoms with E-state index in [0.29, 0.717) is 0 Å². The first-order valence-electron chi connectivity index (χ1n) is 2.44. The highest BCUT2D eigenvalue weighted by Gasteiger charge is 1.95. The van der Waals surface area contributed by atoms with Crippen LogP contribution >= 0.6 is 0 Å². The molecule has 0 unspecified atom stereocenters. The highest BCUT2D eigenvalue weighted by molar-refractivity contribution is 5.80. The molecule has 2 N–H and O–H groups in total. The van der Waals surface area contributed by atoms with Gasteiger partial charge in [-0.15, -0.1) is 0 Å². The van der Waals surface area contributed by atoms with E-state index in [4.69, 9.17) is 5.11 Å². The fraction of sp³-hybridized carbons (Fsp3) is 0.400. The van der Waals surface area contributed by atoms with Crippen molar-refractivity contribution in [1.29, 1.82) is 0 Å². The molecule has 0 heterocycles. The van der Waals surface area contributed by atoms with Crippen molar-refractivity contribution in [2.24, 2.45) is 0 Å². The number of nitrogens with one attached hydrogen (secondary N) is 1. The third kappa shape index (κ3) is 6.94. The molecule has 9 heavy (non-hydrogen) atoms. The van der Waals surface area contributed by atoms with Crippen LogP contribution in [-0.4, -0.2) is 23.5 Å². The van der Waals surface area contributed by atoms with Crippen LogP contribution in [0.3, 0.4) is 0 Å². The fourth-order valence-corrected chi connectivity index (χ4v) is 0.309. The van der Waals surface area contributed by atoms with Gasteiger partial charge in [-0.25, -0.2) is 0 Å². The molecule has 1 amide bonds. The Bertz CT molecular complexity index is 107. The van der Waals surface area contributed by atoms with Gasteiger partial charge in [-0.1, -0.05) is 0 Å². The lowest BCUT2D eigenvalue weighted by atomic mass is 10.4. The van der Waals surface area contributed by atoms with Crippen LogP contribution in [0.1, 0.15) is 6.42 Å². The highest BCUT2D eigenvalue weighted by atomic mass is 16.4. The van der Waals surface area contributed by atoms with Gasteiger partial charge in [-0.2, -0.15) is 0 Å². The molecule has 4 nitrogen and oxygen atoms in total. The Balaban J connectivity index is 3.10. The predicted molar refractivity (Wildman–Crippen MR) is 30.6 cm³/mol. The molecule has 51 valence electrons. The van der Waals surface area contributed by atoms with Crippen molar-refractivity contribution in [1.82, 2.24) is 5.32 Å². The number of carboxylic acids is 1. The highest BCUT2D eigenvalue weighted by Crippen LogP contribution is 1.73. The van der Waals surface area contributed by atoms with Gasteiger partial charge in [0.2, 0.25) is 5.91 Å². The first kappa shape index (κ1) is 7.94. The van der Waals surface area contributed by atoms with Gasteiger partial charge in [0.25, 0.3) is 0 Å². The summed E-state index contributed by atoms with van der Waals surface area (Å²) in [5, 5.41) is 10.3. The van der Waals surface area contributed by atoms with E-state index < -0.39 is 11.9 Å². The minimum absolute atomic E-state index is 0.0543. The zero-order valence-corrected chi connectivity index (χ0v) is 4.89. The van der Waals surface area contributed by atoms with Crippen molar-refractivity contribution in [2.45, 2.75) is 6.42 Å². The van der Waals surface area contributed by atoms with Crippen molar-refractivity contribution < 1.29 is 14.7 Å². The third-order valence-electron chi connectivity index (χ3n) is 0.661. The van der Waals surface area contributed by atoms with Crippen LogP contribution in [-0.2, 0) is 9.59 Å². The second-order valence-electron chi connectivity index (χ2n) is 1.49. The maximum absolute atomic E-state index is 10.0. The quantitative estimate of drug-likeness (QED) is 0.536. The number of rotatable bonds is 3. The maximum atomic E-state index is 10.0. The maximum Gasteiger partial charge on any atom is 0.305 e. The second-order valence-corrected chi connectivity index (χ2v) is 1.49. The third-order valence-corrected chi connectivity index (χ3v) is 0.661. The monoisotopic (exact) mass is 130 g/mol. The molecule has 0 aliphatic carbocycles. The molecule has 1 radical (unpaired) electrons. The van der Waals surface area contributed by atoms with Gasteiger partial charge in [0.05, 0.1) is 6.42 Å². The zero-order valence-electron chi connectivity index (χ0n) is 4.89. The largest absolute Gasteiger partial charge is 0.481 e. The molecule has 0 rings (SSSR count). The summed E-state index contributed by atoms with van der Waals surface area (Å²) in [7, 11) is 0. The van der Waals surface area contributed by atoms with Gasteiger partial charge < -0.3 is 10.4 Å². The smallest absolute Gasteiger partial charge is 0.305 e. The van der Waals surface area contributed by atoms with Crippen LogP contribution in [0.2, 0.25) is 0 Å². The average Bonchev–Trinajstić information content (AvgIpc) is 1.63. The summed E-state index contributed by atoms with van der Waals surface area (Å²) < 4.78 is 0. The van der Waals surface area contributed by atoms with Crippen LogP contribution in [0.25, 0.3) is 0 Å². The lowest BCUT2D eigenvalue weighted by Gasteiger charge is -1.95. The first-order chi connectivity index (χ1) is 4.13. The Labute approximate surface area is 52.9 Å². The van der Waals surface area contributed by atoms with E-state index in [0.717, 1.165) is 0 Å². The first-order valence-corrected chi connectivity index (χ1v) is 2.44. The standard InChI is InChI=1S/C5H8NO3/c1-4(7)6-3-2-5(8)9/h1-3H2,(H,6,7)(H,8,9). The molecule has 0 aliphatic heterocycles. The Morgan fingerprint density at radius 2 is 2.11 bits per heavy atom. The zero-order chi connectivity index (χ0) is 7.28. The normalized spacial score (nSPS) is 8.56. The van der Waals surface area contributed by atoms with E-state index in [1.165, 1.54) is 0 Å². The molecule has 0 fully saturated rings. The minimum atomic E-state index is -0.927. The van der Waals surface area contributed by atoms with E-state index in [-0.39, 0.29) is 13.0 Å². The molecule has 0 aromatic rings. The molecular weight excluding hydrogens is 122 g/mol.